The van der Waals surface area contributed by atoms with E-state index < -0.39 is 0 Å². The van der Waals surface area contributed by atoms with Gasteiger partial charge < -0.3 is 15.2 Å². The van der Waals surface area contributed by atoms with E-state index in [-0.39, 0.29) is 17.7 Å². The van der Waals surface area contributed by atoms with Crippen LogP contribution in [-0.4, -0.2) is 33.2 Å². The molecule has 1 atom stereocenters. The number of carbonyl (C=O) groups is 2. The summed E-state index contributed by atoms with van der Waals surface area (Å²) in [5.74, 6) is 0.219. The van der Waals surface area contributed by atoms with Gasteiger partial charge in [0.2, 0.25) is 0 Å². The van der Waals surface area contributed by atoms with Crippen LogP contribution in [0.3, 0.4) is 0 Å². The van der Waals surface area contributed by atoms with E-state index in [2.05, 4.69) is 21.4 Å². The molecule has 2 amide bonds. The fourth-order valence-electron chi connectivity index (χ4n) is 5.91. The first-order valence-corrected chi connectivity index (χ1v) is 14.3. The highest BCUT2D eigenvalue weighted by Crippen LogP contribution is 2.34. The third-order valence-electron chi connectivity index (χ3n) is 8.11. The van der Waals surface area contributed by atoms with Crippen molar-refractivity contribution in [1.82, 2.24) is 20.2 Å². The molecule has 0 saturated carbocycles. The lowest BCUT2D eigenvalue weighted by atomic mass is 9.87. The Labute approximate surface area is 240 Å². The lowest BCUT2D eigenvalue weighted by molar-refractivity contribution is 0.0745. The van der Waals surface area contributed by atoms with Gasteiger partial charge in [0.05, 0.1) is 6.33 Å². The molecule has 0 aliphatic carbocycles. The second-order valence-electron chi connectivity index (χ2n) is 10.8. The highest BCUT2D eigenvalue weighted by Gasteiger charge is 2.27. The summed E-state index contributed by atoms with van der Waals surface area (Å²) in [5, 5.41) is 5.11. The minimum atomic E-state index is -0.0826. The van der Waals surface area contributed by atoms with Crippen LogP contribution in [0.15, 0.2) is 104 Å². The Hall–Kier alpha value is -4.71. The van der Waals surface area contributed by atoms with Crippen LogP contribution in [-0.2, 0) is 19.5 Å². The number of aromatic nitrogens is 2. The second-order valence-corrected chi connectivity index (χ2v) is 10.8. The van der Waals surface area contributed by atoms with Gasteiger partial charge in [0.1, 0.15) is 0 Å². The molecule has 0 spiro atoms. The van der Waals surface area contributed by atoms with Crippen LogP contribution in [0.25, 0.3) is 10.8 Å². The zero-order chi connectivity index (χ0) is 28.0. The molecule has 5 aromatic rings. The Bertz CT molecular complexity index is 1640. The van der Waals surface area contributed by atoms with Gasteiger partial charge in [0.15, 0.2) is 0 Å². The van der Waals surface area contributed by atoms with E-state index in [0.717, 1.165) is 58.8 Å². The molecule has 6 heteroatoms. The average Bonchev–Trinajstić information content (AvgIpc) is 3.47. The Kier molecular flexibility index (Phi) is 7.90. The molecule has 206 valence electrons. The Morgan fingerprint density at radius 2 is 1.78 bits per heavy atom. The summed E-state index contributed by atoms with van der Waals surface area (Å²) in [5.41, 5.74) is 5.87. The number of hydrogen-bond acceptors (Lipinski definition) is 3. The van der Waals surface area contributed by atoms with Gasteiger partial charge in [0, 0.05) is 42.7 Å². The molecule has 1 aliphatic rings. The first-order chi connectivity index (χ1) is 20.2. The molecule has 41 heavy (non-hydrogen) atoms. The zero-order valence-electron chi connectivity index (χ0n) is 23.1. The van der Waals surface area contributed by atoms with Gasteiger partial charge >= 0.3 is 0 Å². The van der Waals surface area contributed by atoms with Gasteiger partial charge in [-0.2, -0.15) is 0 Å². The maximum Gasteiger partial charge on any atom is 0.254 e. The molecule has 6 nitrogen and oxygen atoms in total. The summed E-state index contributed by atoms with van der Waals surface area (Å²) in [6.07, 6.45) is 7.32. The number of amides is 2. The van der Waals surface area contributed by atoms with Gasteiger partial charge in [-0.3, -0.25) is 9.59 Å². The van der Waals surface area contributed by atoms with E-state index in [9.17, 15) is 9.59 Å². The zero-order valence-corrected chi connectivity index (χ0v) is 23.1. The lowest BCUT2D eigenvalue weighted by Crippen LogP contribution is -2.31. The maximum absolute atomic E-state index is 13.9. The summed E-state index contributed by atoms with van der Waals surface area (Å²) < 4.78 is 0. The smallest absolute Gasteiger partial charge is 0.254 e. The van der Waals surface area contributed by atoms with Crippen molar-refractivity contribution in [2.24, 2.45) is 0 Å². The number of aryl methyl sites for hydroxylation is 1. The second kappa shape index (κ2) is 12.2. The number of H-pyrrole nitrogens is 1. The van der Waals surface area contributed by atoms with E-state index in [1.54, 1.807) is 6.33 Å². The van der Waals surface area contributed by atoms with Crippen LogP contribution in [0.2, 0.25) is 0 Å². The number of imidazole rings is 1. The van der Waals surface area contributed by atoms with Gasteiger partial charge in [0.25, 0.3) is 11.8 Å². The van der Waals surface area contributed by atoms with E-state index in [0.29, 0.717) is 25.2 Å². The van der Waals surface area contributed by atoms with Crippen LogP contribution in [0.1, 0.15) is 68.3 Å². The van der Waals surface area contributed by atoms with Crippen LogP contribution >= 0.6 is 0 Å². The van der Waals surface area contributed by atoms with E-state index in [1.807, 2.05) is 96.0 Å². The van der Waals surface area contributed by atoms with Crippen LogP contribution in [0.4, 0.5) is 0 Å². The fraction of sp³-hybridized carbons (Fsp3) is 0.229. The number of rotatable bonds is 8. The molecular formula is C35H34N4O2. The molecule has 2 heterocycles. The van der Waals surface area contributed by atoms with E-state index in [1.165, 1.54) is 5.56 Å². The standard InChI is InChI=1S/C35H34N4O2/c40-34(37-21-25-8-2-1-3-9-25)28-16-17-29-23-39(35(41)32-15-7-12-26-10-4-5-14-31(26)32)19-18-27(33(29)20-28)11-6-13-30-22-36-24-38-30/h1-5,7-10,12,14-17,20,22,24,27H,6,11,13,18-19,21,23H2,(H,36,38)(H,37,40)/t27-/m1/s1. The quantitative estimate of drug-likeness (QED) is 0.231. The molecule has 1 aromatic heterocycles. The van der Waals surface area contributed by atoms with Crippen LogP contribution < -0.4 is 5.32 Å². The van der Waals surface area contributed by atoms with Crippen LogP contribution in [0, 0.1) is 0 Å². The number of carbonyl (C=O) groups excluding carboxylic acids is 2. The van der Waals surface area contributed by atoms with Gasteiger partial charge in [-0.25, -0.2) is 4.98 Å². The lowest BCUT2D eigenvalue weighted by Gasteiger charge is -2.22. The molecule has 0 saturated heterocycles. The van der Waals surface area contributed by atoms with Crippen molar-refractivity contribution in [2.75, 3.05) is 6.54 Å². The van der Waals surface area contributed by atoms with Gasteiger partial charge in [-0.15, -0.1) is 0 Å². The third-order valence-corrected chi connectivity index (χ3v) is 8.11. The molecule has 0 radical (unpaired) electrons. The summed E-state index contributed by atoms with van der Waals surface area (Å²) in [6.45, 7) is 1.68. The maximum atomic E-state index is 13.9. The Balaban J connectivity index is 1.25. The minimum absolute atomic E-state index is 0.0514. The Morgan fingerprint density at radius 3 is 2.63 bits per heavy atom. The molecule has 0 unspecified atom stereocenters. The van der Waals surface area contributed by atoms with Crippen molar-refractivity contribution >= 4 is 22.6 Å². The van der Waals surface area contributed by atoms with Crippen molar-refractivity contribution < 1.29 is 9.59 Å². The van der Waals surface area contributed by atoms with Gasteiger partial charge in [-0.1, -0.05) is 72.8 Å². The molecule has 0 fully saturated rings. The number of hydrogen-bond donors (Lipinski definition) is 2. The normalized spacial score (nSPS) is 14.8. The summed E-state index contributed by atoms with van der Waals surface area (Å²) in [6, 6.07) is 29.9. The molecule has 2 N–H and O–H groups in total. The number of nitrogens with one attached hydrogen (secondary N) is 2. The van der Waals surface area contributed by atoms with Crippen molar-refractivity contribution in [3.8, 4) is 0 Å². The summed E-state index contributed by atoms with van der Waals surface area (Å²) in [4.78, 5) is 36.4. The number of benzene rings is 4. The average molecular weight is 543 g/mol. The van der Waals surface area contributed by atoms with Crippen molar-refractivity contribution in [1.29, 1.82) is 0 Å². The molecule has 1 aliphatic heterocycles. The summed E-state index contributed by atoms with van der Waals surface area (Å²) >= 11 is 0. The molecule has 0 bridgehead atoms. The van der Waals surface area contributed by atoms with Crippen molar-refractivity contribution in [2.45, 2.75) is 44.7 Å². The van der Waals surface area contributed by atoms with E-state index in [4.69, 9.17) is 0 Å². The summed E-state index contributed by atoms with van der Waals surface area (Å²) in [7, 11) is 0. The highest BCUT2D eigenvalue weighted by atomic mass is 16.2. The number of nitrogens with zero attached hydrogens (tertiary/aromatic N) is 2. The minimum Gasteiger partial charge on any atom is -0.348 e. The SMILES string of the molecule is O=C(NCc1ccccc1)c1ccc2c(c1)[C@H](CCCc1cnc[nH]1)CCN(C(=O)c1cccc3ccccc13)C2. The fourth-order valence-corrected chi connectivity index (χ4v) is 5.91. The topological polar surface area (TPSA) is 78.1 Å². The van der Waals surface area contributed by atoms with E-state index >= 15 is 0 Å². The third kappa shape index (κ3) is 6.07. The van der Waals surface area contributed by atoms with Crippen LogP contribution in [0.5, 0.6) is 0 Å². The largest absolute Gasteiger partial charge is 0.348 e. The first-order valence-electron chi connectivity index (χ1n) is 14.3. The van der Waals surface area contributed by atoms with Crippen molar-refractivity contribution in [3.05, 3.63) is 137 Å². The predicted molar refractivity (Wildman–Crippen MR) is 162 cm³/mol. The first kappa shape index (κ1) is 26.5. The predicted octanol–water partition coefficient (Wildman–Crippen LogP) is 6.65. The molecular weight excluding hydrogens is 508 g/mol. The monoisotopic (exact) mass is 542 g/mol. The molecule has 4 aromatic carbocycles. The highest BCUT2D eigenvalue weighted by molar-refractivity contribution is 6.07. The van der Waals surface area contributed by atoms with Gasteiger partial charge in [-0.05, 0) is 77.3 Å². The molecule has 6 rings (SSSR count). The number of fused-ring (bicyclic) bond motifs is 2. The van der Waals surface area contributed by atoms with Crippen molar-refractivity contribution in [3.63, 3.8) is 0 Å². The Morgan fingerprint density at radius 1 is 0.951 bits per heavy atom. The number of aromatic amines is 1.